The Morgan fingerprint density at radius 3 is 2.12 bits per heavy atom. The van der Waals surface area contributed by atoms with Crippen molar-refractivity contribution in [2.24, 2.45) is 0 Å². The molecule has 132 valence electrons. The van der Waals surface area contributed by atoms with E-state index in [1.54, 1.807) is 0 Å². The molecule has 0 saturated heterocycles. The lowest BCUT2D eigenvalue weighted by Crippen LogP contribution is -2.40. The van der Waals surface area contributed by atoms with E-state index in [0.717, 1.165) is 24.1 Å². The molecule has 0 heterocycles. The van der Waals surface area contributed by atoms with E-state index in [1.165, 1.54) is 5.56 Å². The molecule has 0 atom stereocenters. The lowest BCUT2D eigenvalue weighted by atomic mass is 10.1. The van der Waals surface area contributed by atoms with Crippen molar-refractivity contribution in [3.8, 4) is 0 Å². The highest BCUT2D eigenvalue weighted by molar-refractivity contribution is 6.35. The van der Waals surface area contributed by atoms with Crippen LogP contribution in [0.3, 0.4) is 0 Å². The maximum Gasteiger partial charge on any atom is 0.309 e. The van der Waals surface area contributed by atoms with E-state index in [-0.39, 0.29) is 0 Å². The van der Waals surface area contributed by atoms with Gasteiger partial charge in [0.05, 0.1) is 0 Å². The van der Waals surface area contributed by atoms with Gasteiger partial charge in [-0.25, -0.2) is 0 Å². The first kappa shape index (κ1) is 18.5. The number of nitrogens with one attached hydrogen (secondary N) is 2. The molecule has 0 spiro atoms. The first-order valence-electron chi connectivity index (χ1n) is 8.42. The Bertz CT molecular complexity index is 682. The number of nitrogens with zero attached hydrogens (tertiary/aromatic N) is 1. The van der Waals surface area contributed by atoms with Gasteiger partial charge < -0.3 is 15.5 Å². The van der Waals surface area contributed by atoms with Crippen molar-refractivity contribution in [3.05, 3.63) is 65.7 Å². The predicted molar refractivity (Wildman–Crippen MR) is 100 cm³/mol. The summed E-state index contributed by atoms with van der Waals surface area (Å²) in [5.41, 5.74) is 3.34. The highest BCUT2D eigenvalue weighted by Gasteiger charge is 2.11. The lowest BCUT2D eigenvalue weighted by molar-refractivity contribution is -0.139. The Labute approximate surface area is 149 Å². The van der Waals surface area contributed by atoms with Crippen molar-refractivity contribution in [1.82, 2.24) is 10.6 Å². The summed E-state index contributed by atoms with van der Waals surface area (Å²) < 4.78 is 0. The smallest absolute Gasteiger partial charge is 0.309 e. The van der Waals surface area contributed by atoms with Gasteiger partial charge in [0, 0.05) is 32.9 Å². The van der Waals surface area contributed by atoms with Gasteiger partial charge in [0.25, 0.3) is 0 Å². The van der Waals surface area contributed by atoms with Crippen LogP contribution in [0.5, 0.6) is 0 Å². The molecule has 0 saturated carbocycles. The van der Waals surface area contributed by atoms with Crippen molar-refractivity contribution in [3.63, 3.8) is 0 Å². The Hall–Kier alpha value is -2.82. The molecule has 0 aliphatic rings. The number of carbonyl (C=O) groups excluding carboxylic acids is 2. The van der Waals surface area contributed by atoms with Crippen LogP contribution in [0.1, 0.15) is 17.5 Å². The third kappa shape index (κ3) is 6.30. The average Bonchev–Trinajstić information content (AvgIpc) is 2.64. The second-order valence-electron chi connectivity index (χ2n) is 6.09. The fraction of sp³-hybridized carbons (Fsp3) is 0.300. The van der Waals surface area contributed by atoms with E-state index in [2.05, 4.69) is 39.8 Å². The normalized spacial score (nSPS) is 10.2. The summed E-state index contributed by atoms with van der Waals surface area (Å²) in [4.78, 5) is 25.6. The highest BCUT2D eigenvalue weighted by Crippen LogP contribution is 2.13. The SMILES string of the molecule is CN(C)c1ccc(CCCNC(=O)C(=O)NCc2ccccc2)cc1. The number of rotatable bonds is 7. The average molecular weight is 339 g/mol. The summed E-state index contributed by atoms with van der Waals surface area (Å²) in [6.07, 6.45) is 1.65. The van der Waals surface area contributed by atoms with Crippen molar-refractivity contribution >= 4 is 17.5 Å². The zero-order chi connectivity index (χ0) is 18.1. The van der Waals surface area contributed by atoms with Crippen molar-refractivity contribution in [2.75, 3.05) is 25.5 Å². The lowest BCUT2D eigenvalue weighted by Gasteiger charge is -2.12. The second kappa shape index (κ2) is 9.47. The molecule has 0 bridgehead atoms. The van der Waals surface area contributed by atoms with Crippen molar-refractivity contribution < 1.29 is 9.59 Å². The number of amides is 2. The summed E-state index contributed by atoms with van der Waals surface area (Å²) >= 11 is 0. The Balaban J connectivity index is 1.65. The van der Waals surface area contributed by atoms with E-state index in [9.17, 15) is 9.59 Å². The molecule has 25 heavy (non-hydrogen) atoms. The molecule has 2 N–H and O–H groups in total. The maximum atomic E-state index is 11.8. The number of carbonyl (C=O) groups is 2. The molecule has 0 aliphatic carbocycles. The van der Waals surface area contributed by atoms with Crippen LogP contribution in [0.2, 0.25) is 0 Å². The van der Waals surface area contributed by atoms with Crippen LogP contribution in [0.4, 0.5) is 5.69 Å². The molecule has 0 fully saturated rings. The molecule has 0 unspecified atom stereocenters. The molecule has 2 aromatic rings. The molecular formula is C20H25N3O2. The van der Waals surface area contributed by atoms with Crippen LogP contribution in [0.15, 0.2) is 54.6 Å². The molecule has 0 radical (unpaired) electrons. The summed E-state index contributed by atoms with van der Waals surface area (Å²) in [6, 6.07) is 17.8. The predicted octanol–water partition coefficient (Wildman–Crippen LogP) is 2.12. The Kier molecular flexibility index (Phi) is 7.01. The Morgan fingerprint density at radius 1 is 0.840 bits per heavy atom. The van der Waals surface area contributed by atoms with E-state index < -0.39 is 11.8 Å². The third-order valence-corrected chi connectivity index (χ3v) is 3.88. The molecule has 5 heteroatoms. The molecule has 0 aromatic heterocycles. The van der Waals surface area contributed by atoms with E-state index >= 15 is 0 Å². The largest absolute Gasteiger partial charge is 0.378 e. The fourth-order valence-corrected chi connectivity index (χ4v) is 2.39. The second-order valence-corrected chi connectivity index (χ2v) is 6.09. The molecule has 2 rings (SSSR count). The number of hydrogen-bond acceptors (Lipinski definition) is 3. The van der Waals surface area contributed by atoms with E-state index in [1.807, 2.05) is 44.4 Å². The zero-order valence-corrected chi connectivity index (χ0v) is 14.8. The van der Waals surface area contributed by atoms with Gasteiger partial charge in [-0.2, -0.15) is 0 Å². The van der Waals surface area contributed by atoms with E-state index in [0.29, 0.717) is 13.1 Å². The summed E-state index contributed by atoms with van der Waals surface area (Å²) in [6.45, 7) is 0.832. The maximum absolute atomic E-state index is 11.8. The quantitative estimate of drug-likeness (QED) is 0.600. The minimum Gasteiger partial charge on any atom is -0.378 e. The third-order valence-electron chi connectivity index (χ3n) is 3.88. The van der Waals surface area contributed by atoms with Gasteiger partial charge in [0.1, 0.15) is 0 Å². The van der Waals surface area contributed by atoms with Crippen LogP contribution in [0, 0.1) is 0 Å². The van der Waals surface area contributed by atoms with Crippen LogP contribution >= 0.6 is 0 Å². The Morgan fingerprint density at radius 2 is 1.48 bits per heavy atom. The minimum atomic E-state index is -0.598. The van der Waals surface area contributed by atoms with Gasteiger partial charge in [-0.15, -0.1) is 0 Å². The molecular weight excluding hydrogens is 314 g/mol. The van der Waals surface area contributed by atoms with Gasteiger partial charge in [0.15, 0.2) is 0 Å². The summed E-state index contributed by atoms with van der Waals surface area (Å²) in [7, 11) is 4.01. The molecule has 0 aliphatic heterocycles. The summed E-state index contributed by atoms with van der Waals surface area (Å²) in [5, 5.41) is 5.28. The highest BCUT2D eigenvalue weighted by atomic mass is 16.2. The number of benzene rings is 2. The summed E-state index contributed by atoms with van der Waals surface area (Å²) in [5.74, 6) is -1.18. The van der Waals surface area contributed by atoms with Crippen LogP contribution < -0.4 is 15.5 Å². The monoisotopic (exact) mass is 339 g/mol. The van der Waals surface area contributed by atoms with Crippen molar-refractivity contribution in [1.29, 1.82) is 0 Å². The number of hydrogen-bond donors (Lipinski definition) is 2. The molecule has 5 nitrogen and oxygen atoms in total. The van der Waals surface area contributed by atoms with Crippen molar-refractivity contribution in [2.45, 2.75) is 19.4 Å². The van der Waals surface area contributed by atoms with Gasteiger partial charge in [-0.3, -0.25) is 9.59 Å². The standard InChI is InChI=1S/C20H25N3O2/c1-23(2)18-12-10-16(11-13-18)9-6-14-21-19(24)20(25)22-15-17-7-4-3-5-8-17/h3-5,7-8,10-13H,6,9,14-15H2,1-2H3,(H,21,24)(H,22,25). The fourth-order valence-electron chi connectivity index (χ4n) is 2.39. The minimum absolute atomic E-state index is 0.352. The number of anilines is 1. The molecule has 2 aromatic carbocycles. The van der Waals surface area contributed by atoms with E-state index in [4.69, 9.17) is 0 Å². The van der Waals surface area contributed by atoms with Gasteiger partial charge >= 0.3 is 11.8 Å². The van der Waals surface area contributed by atoms with Crippen LogP contribution in [-0.2, 0) is 22.6 Å². The number of aryl methyl sites for hydroxylation is 1. The van der Waals surface area contributed by atoms with Crippen LogP contribution in [0.25, 0.3) is 0 Å². The topological polar surface area (TPSA) is 61.4 Å². The van der Waals surface area contributed by atoms with Crippen LogP contribution in [-0.4, -0.2) is 32.5 Å². The van der Waals surface area contributed by atoms with Gasteiger partial charge in [0.2, 0.25) is 0 Å². The van der Waals surface area contributed by atoms with Gasteiger partial charge in [-0.05, 0) is 36.1 Å². The first-order valence-corrected chi connectivity index (χ1v) is 8.42. The molecule has 2 amide bonds. The zero-order valence-electron chi connectivity index (χ0n) is 14.8. The first-order chi connectivity index (χ1) is 12.1. The van der Waals surface area contributed by atoms with Gasteiger partial charge in [-0.1, -0.05) is 42.5 Å².